The first-order valence-electron chi connectivity index (χ1n) is 6.68. The van der Waals surface area contributed by atoms with Gasteiger partial charge in [0.1, 0.15) is 0 Å². The summed E-state index contributed by atoms with van der Waals surface area (Å²) in [5.74, 6) is -0.0664. The predicted octanol–water partition coefficient (Wildman–Crippen LogP) is 5.49. The van der Waals surface area contributed by atoms with Crippen molar-refractivity contribution in [3.8, 4) is 17.6 Å². The molecule has 0 atom stereocenters. The van der Waals surface area contributed by atoms with Gasteiger partial charge in [0, 0.05) is 28.4 Å². The Bertz CT molecular complexity index is 739. The van der Waals surface area contributed by atoms with Gasteiger partial charge in [-0.15, -0.1) is 12.1 Å². The monoisotopic (exact) mass is 371 g/mol. The molecule has 0 aliphatic rings. The van der Waals surface area contributed by atoms with E-state index in [0.29, 0.717) is 5.75 Å². The van der Waals surface area contributed by atoms with E-state index in [1.54, 1.807) is 30.3 Å². The molecule has 0 bridgehead atoms. The van der Waals surface area contributed by atoms with Crippen molar-refractivity contribution in [3.05, 3.63) is 83.9 Å². The van der Waals surface area contributed by atoms with Gasteiger partial charge >= 0.3 is 6.18 Å². The van der Waals surface area contributed by atoms with E-state index in [2.05, 4.69) is 0 Å². The van der Waals surface area contributed by atoms with E-state index >= 15 is 0 Å². The fraction of sp³-hybridized carbons (Fsp3) is 0.0556. The van der Waals surface area contributed by atoms with Crippen LogP contribution in [0.1, 0.15) is 11.1 Å². The fourth-order valence-electron chi connectivity index (χ4n) is 1.78. The molecular formula is C18H12F3FeNO-6. The SMILES string of the molecule is N#Cc1ccc(C(F)(F)F)c(O[c-]2cccc2)c1.[Fe].[cH-]1[cH-][cH-][cH-][cH-]1. The summed E-state index contributed by atoms with van der Waals surface area (Å²) >= 11 is 0. The van der Waals surface area contributed by atoms with E-state index in [1.807, 2.05) is 30.3 Å². The number of benzene rings is 1. The number of hydrogen-bond acceptors (Lipinski definition) is 2. The van der Waals surface area contributed by atoms with Crippen molar-refractivity contribution >= 4 is 0 Å². The smallest absolute Gasteiger partial charge is 0.411 e. The maximum atomic E-state index is 12.7. The van der Waals surface area contributed by atoms with Crippen molar-refractivity contribution in [2.24, 2.45) is 0 Å². The number of hydrogen-bond donors (Lipinski definition) is 0. The fourth-order valence-corrected chi connectivity index (χ4v) is 1.78. The zero-order valence-corrected chi connectivity index (χ0v) is 13.4. The van der Waals surface area contributed by atoms with Crippen molar-refractivity contribution in [1.29, 1.82) is 5.26 Å². The van der Waals surface area contributed by atoms with Crippen LogP contribution in [-0.4, -0.2) is 0 Å². The molecule has 0 saturated heterocycles. The average molecular weight is 371 g/mol. The molecular weight excluding hydrogens is 359 g/mol. The molecule has 6 heteroatoms. The van der Waals surface area contributed by atoms with Crippen LogP contribution in [0, 0.1) is 11.3 Å². The third kappa shape index (κ3) is 5.62. The van der Waals surface area contributed by atoms with Crippen LogP contribution in [0.15, 0.2) is 72.8 Å². The zero-order valence-electron chi connectivity index (χ0n) is 12.3. The first-order valence-corrected chi connectivity index (χ1v) is 6.68. The molecule has 0 heterocycles. The van der Waals surface area contributed by atoms with Gasteiger partial charge in [0.15, 0.2) is 0 Å². The molecule has 0 unspecified atom stereocenters. The van der Waals surface area contributed by atoms with E-state index < -0.39 is 11.7 Å². The van der Waals surface area contributed by atoms with E-state index in [0.717, 1.165) is 18.2 Å². The average Bonchev–Trinajstić information content (AvgIpc) is 3.22. The van der Waals surface area contributed by atoms with E-state index in [4.69, 9.17) is 10.00 Å². The Balaban J connectivity index is 0.000000412. The van der Waals surface area contributed by atoms with E-state index in [-0.39, 0.29) is 28.4 Å². The summed E-state index contributed by atoms with van der Waals surface area (Å²) in [6, 6.07) is 21.2. The largest absolute Gasteiger partial charge is 0.748 e. The van der Waals surface area contributed by atoms with Gasteiger partial charge in [-0.1, -0.05) is 6.07 Å². The summed E-state index contributed by atoms with van der Waals surface area (Å²) in [4.78, 5) is 0. The summed E-state index contributed by atoms with van der Waals surface area (Å²) in [6.07, 6.45) is -4.52. The van der Waals surface area contributed by atoms with Crippen LogP contribution < -0.4 is 4.74 Å². The van der Waals surface area contributed by atoms with Crippen LogP contribution >= 0.6 is 0 Å². The standard InChI is InChI=1S/C13H7F3NO.C5H5.Fe/c14-13(15,16)11-6-5-9(8-17)7-12(11)18-10-3-1-2-4-10;1-2-4-5-3-1;/h1-7H;1-5H;/q-1;-5;. The number of ether oxygens (including phenoxy) is 1. The summed E-state index contributed by atoms with van der Waals surface area (Å²) in [5, 5.41) is 8.70. The first kappa shape index (κ1) is 19.6. The summed E-state index contributed by atoms with van der Waals surface area (Å²) in [5.41, 5.74) is -0.785. The molecule has 3 aromatic rings. The van der Waals surface area contributed by atoms with Crippen LogP contribution in [0.2, 0.25) is 0 Å². The maximum absolute atomic E-state index is 12.7. The molecule has 0 saturated carbocycles. The number of nitrogens with zero attached hydrogens (tertiary/aromatic N) is 1. The van der Waals surface area contributed by atoms with Crippen molar-refractivity contribution in [2.75, 3.05) is 0 Å². The molecule has 2 nitrogen and oxygen atoms in total. The molecule has 3 aromatic carbocycles. The van der Waals surface area contributed by atoms with Crippen molar-refractivity contribution in [1.82, 2.24) is 0 Å². The number of rotatable bonds is 2. The Labute approximate surface area is 148 Å². The summed E-state index contributed by atoms with van der Waals surface area (Å²) in [7, 11) is 0. The molecule has 0 aliphatic heterocycles. The van der Waals surface area contributed by atoms with Crippen LogP contribution in [-0.2, 0) is 23.2 Å². The second kappa shape index (κ2) is 8.97. The third-order valence-corrected chi connectivity index (χ3v) is 2.83. The molecule has 0 N–H and O–H groups in total. The third-order valence-electron chi connectivity index (χ3n) is 2.83. The van der Waals surface area contributed by atoms with Crippen molar-refractivity contribution in [3.63, 3.8) is 0 Å². The van der Waals surface area contributed by atoms with E-state index in [1.165, 1.54) is 0 Å². The maximum Gasteiger partial charge on any atom is 0.411 e. The predicted molar refractivity (Wildman–Crippen MR) is 80.3 cm³/mol. The van der Waals surface area contributed by atoms with Gasteiger partial charge < -0.3 is 35.1 Å². The van der Waals surface area contributed by atoms with Gasteiger partial charge in [0.05, 0.1) is 17.4 Å². The second-order valence-corrected chi connectivity index (χ2v) is 4.51. The minimum Gasteiger partial charge on any atom is -0.748 e. The molecule has 24 heavy (non-hydrogen) atoms. The molecule has 0 spiro atoms. The van der Waals surface area contributed by atoms with Crippen LogP contribution in [0.3, 0.4) is 0 Å². The minimum absolute atomic E-state index is 0. The van der Waals surface area contributed by atoms with Gasteiger partial charge in [-0.2, -0.15) is 30.6 Å². The molecule has 0 amide bonds. The Morgan fingerprint density at radius 2 is 1.54 bits per heavy atom. The molecule has 0 radical (unpaired) electrons. The molecule has 0 aromatic heterocycles. The second-order valence-electron chi connectivity index (χ2n) is 4.51. The molecule has 130 valence electrons. The summed E-state index contributed by atoms with van der Waals surface area (Å²) < 4.78 is 43.4. The first-order chi connectivity index (χ1) is 11.0. The number of nitriles is 1. The molecule has 0 fully saturated rings. The zero-order chi connectivity index (χ0) is 16.7. The summed E-state index contributed by atoms with van der Waals surface area (Å²) in [6.45, 7) is 0. The van der Waals surface area contributed by atoms with Crippen LogP contribution in [0.5, 0.6) is 11.5 Å². The van der Waals surface area contributed by atoms with Crippen LogP contribution in [0.25, 0.3) is 0 Å². The molecule has 0 aliphatic carbocycles. The Hall–Kier alpha value is -2.48. The van der Waals surface area contributed by atoms with E-state index in [9.17, 15) is 13.2 Å². The Kier molecular flexibility index (Phi) is 7.31. The van der Waals surface area contributed by atoms with Crippen LogP contribution in [0.4, 0.5) is 13.2 Å². The topological polar surface area (TPSA) is 33.0 Å². The van der Waals surface area contributed by atoms with Crippen molar-refractivity contribution < 1.29 is 35.0 Å². The van der Waals surface area contributed by atoms with Gasteiger partial charge in [-0.05, 0) is 12.1 Å². The van der Waals surface area contributed by atoms with Gasteiger partial charge in [-0.25, -0.2) is 0 Å². The Morgan fingerprint density at radius 1 is 1.00 bits per heavy atom. The van der Waals surface area contributed by atoms with Gasteiger partial charge in [-0.3, -0.25) is 0 Å². The number of halogens is 3. The van der Waals surface area contributed by atoms with Gasteiger partial charge in [0.25, 0.3) is 0 Å². The van der Waals surface area contributed by atoms with Gasteiger partial charge in [0.2, 0.25) is 0 Å². The van der Waals surface area contributed by atoms with Crippen molar-refractivity contribution in [2.45, 2.75) is 6.18 Å². The normalized spacial score (nSPS) is 9.92. The number of alkyl halides is 3. The molecule has 3 rings (SSSR count). The minimum atomic E-state index is -4.52. The quantitative estimate of drug-likeness (QED) is 0.441. The Morgan fingerprint density at radius 3 is 2.00 bits per heavy atom.